The lowest BCUT2D eigenvalue weighted by atomic mass is 10.2. The third-order valence-corrected chi connectivity index (χ3v) is 4.34. The molecule has 1 unspecified atom stereocenters. The molecule has 0 aliphatic carbocycles. The fraction of sp³-hybridized carbons (Fsp3) is 0.538. The fourth-order valence-corrected chi connectivity index (χ4v) is 3.07. The minimum absolute atomic E-state index is 0.0307. The molecule has 0 saturated carbocycles. The minimum Gasteiger partial charge on any atom is -0.465 e. The van der Waals surface area contributed by atoms with Gasteiger partial charge in [-0.3, -0.25) is 0 Å². The Bertz CT molecular complexity index is 566. The summed E-state index contributed by atoms with van der Waals surface area (Å²) in [6.45, 7) is 2.95. The number of nitrogens with one attached hydrogen (secondary N) is 1. The van der Waals surface area contributed by atoms with E-state index in [4.69, 9.17) is 20.5 Å². The van der Waals surface area contributed by atoms with Crippen LogP contribution in [0.3, 0.4) is 0 Å². The minimum atomic E-state index is -0.547. The van der Waals surface area contributed by atoms with E-state index in [2.05, 4.69) is 10.2 Å². The number of nitrogens with two attached hydrogens (primary N) is 1. The van der Waals surface area contributed by atoms with Crippen LogP contribution in [0.15, 0.2) is 0 Å². The summed E-state index contributed by atoms with van der Waals surface area (Å²) < 4.78 is 10.4. The van der Waals surface area contributed by atoms with E-state index in [1.165, 1.54) is 7.11 Å². The second kappa shape index (κ2) is 6.76. The highest BCUT2D eigenvalue weighted by atomic mass is 32.1. The number of methoxy groups -OCH3 is 1. The Morgan fingerprint density at radius 2 is 2.48 bits per heavy atom. The number of rotatable bonds is 4. The maximum atomic E-state index is 11.8. The second-order valence-corrected chi connectivity index (χ2v) is 5.81. The first kappa shape index (κ1) is 15.6. The largest absolute Gasteiger partial charge is 0.465 e. The number of ether oxygens (including phenoxy) is 2. The molecule has 0 radical (unpaired) electrons. The van der Waals surface area contributed by atoms with Crippen molar-refractivity contribution < 1.29 is 14.3 Å². The quantitative estimate of drug-likeness (QED) is 0.791. The molecule has 1 aromatic rings. The molecule has 2 rings (SSSR count). The van der Waals surface area contributed by atoms with E-state index in [9.17, 15) is 4.79 Å². The van der Waals surface area contributed by atoms with E-state index in [-0.39, 0.29) is 17.4 Å². The van der Waals surface area contributed by atoms with Crippen LogP contribution in [-0.2, 0) is 9.47 Å². The van der Waals surface area contributed by atoms with E-state index in [1.54, 1.807) is 0 Å². The van der Waals surface area contributed by atoms with Gasteiger partial charge in [0.25, 0.3) is 0 Å². The molecule has 0 bridgehead atoms. The van der Waals surface area contributed by atoms with Crippen LogP contribution in [-0.4, -0.2) is 57.4 Å². The second-order valence-electron chi connectivity index (χ2n) is 4.79. The van der Waals surface area contributed by atoms with Crippen LogP contribution in [0.5, 0.6) is 0 Å². The van der Waals surface area contributed by atoms with E-state index in [1.807, 2.05) is 13.1 Å². The number of hydrogen-bond donors (Lipinski definition) is 2. The predicted molar refractivity (Wildman–Crippen MR) is 80.5 cm³/mol. The van der Waals surface area contributed by atoms with Gasteiger partial charge in [0, 0.05) is 19.6 Å². The lowest BCUT2D eigenvalue weighted by Gasteiger charge is -2.30. The van der Waals surface area contributed by atoms with Crippen LogP contribution < -0.4 is 11.1 Å². The number of hydrogen-bond acceptors (Lipinski definition) is 8. The monoisotopic (exact) mass is 310 g/mol. The Balaban J connectivity index is 2.12. The highest BCUT2D eigenvalue weighted by molar-refractivity contribution is 7.17. The molecule has 1 fully saturated rings. The number of thiophene rings is 1. The first-order valence-electron chi connectivity index (χ1n) is 6.51. The van der Waals surface area contributed by atoms with Crippen molar-refractivity contribution in [2.45, 2.75) is 6.10 Å². The number of morpholine rings is 1. The van der Waals surface area contributed by atoms with Crippen molar-refractivity contribution in [3.8, 4) is 6.07 Å². The molecule has 0 aromatic carbocycles. The van der Waals surface area contributed by atoms with Crippen molar-refractivity contribution >= 4 is 28.0 Å². The summed E-state index contributed by atoms with van der Waals surface area (Å²) in [7, 11) is 3.32. The third kappa shape index (κ3) is 3.44. The number of anilines is 2. The molecule has 8 heteroatoms. The van der Waals surface area contributed by atoms with Crippen molar-refractivity contribution in [2.75, 3.05) is 51.4 Å². The SMILES string of the molecule is COC(=O)c1c(NCC2CN(C)CCO2)sc(C#N)c1N. The van der Waals surface area contributed by atoms with Crippen LogP contribution in [0.1, 0.15) is 15.2 Å². The van der Waals surface area contributed by atoms with Gasteiger partial charge in [-0.05, 0) is 7.05 Å². The average molecular weight is 310 g/mol. The molecule has 1 aromatic heterocycles. The smallest absolute Gasteiger partial charge is 0.343 e. The molecular weight excluding hydrogens is 292 g/mol. The van der Waals surface area contributed by atoms with Gasteiger partial charge in [0.2, 0.25) is 0 Å². The van der Waals surface area contributed by atoms with Crippen molar-refractivity contribution in [1.29, 1.82) is 5.26 Å². The fourth-order valence-electron chi connectivity index (χ4n) is 2.15. The van der Waals surface area contributed by atoms with Gasteiger partial charge in [-0.2, -0.15) is 5.26 Å². The maximum absolute atomic E-state index is 11.8. The average Bonchev–Trinajstić information content (AvgIpc) is 2.80. The van der Waals surface area contributed by atoms with Crippen molar-refractivity contribution in [3.05, 3.63) is 10.4 Å². The number of nitriles is 1. The summed E-state index contributed by atoms with van der Waals surface area (Å²) in [5, 5.41) is 12.7. The highest BCUT2D eigenvalue weighted by Crippen LogP contribution is 2.35. The molecule has 1 saturated heterocycles. The standard InChI is InChI=1S/C13H18N4O3S/c1-17-3-4-20-8(7-17)6-16-12-10(13(18)19-2)11(15)9(5-14)21-12/h8,16H,3-4,6-7,15H2,1-2H3. The van der Waals surface area contributed by atoms with Crippen molar-refractivity contribution in [1.82, 2.24) is 4.90 Å². The molecule has 1 atom stereocenters. The van der Waals surface area contributed by atoms with Gasteiger partial charge in [-0.1, -0.05) is 0 Å². The summed E-state index contributed by atoms with van der Waals surface area (Å²) in [5.41, 5.74) is 6.22. The maximum Gasteiger partial charge on any atom is 0.343 e. The van der Waals surface area contributed by atoms with Crippen LogP contribution >= 0.6 is 11.3 Å². The summed E-state index contributed by atoms with van der Waals surface area (Å²) in [5.74, 6) is -0.547. The Kier molecular flexibility index (Phi) is 5.01. The molecule has 1 aliphatic heterocycles. The summed E-state index contributed by atoms with van der Waals surface area (Å²) >= 11 is 1.15. The summed E-state index contributed by atoms with van der Waals surface area (Å²) in [6.07, 6.45) is 0.0307. The van der Waals surface area contributed by atoms with E-state index >= 15 is 0 Å². The molecule has 2 heterocycles. The lowest BCUT2D eigenvalue weighted by Crippen LogP contribution is -2.43. The molecule has 1 aliphatic rings. The number of carbonyl (C=O) groups excluding carboxylic acids is 1. The van der Waals surface area contributed by atoms with E-state index in [0.717, 1.165) is 24.4 Å². The molecule has 21 heavy (non-hydrogen) atoms. The van der Waals surface area contributed by atoms with Gasteiger partial charge in [0.1, 0.15) is 21.5 Å². The zero-order chi connectivity index (χ0) is 15.4. The highest BCUT2D eigenvalue weighted by Gasteiger charge is 2.24. The van der Waals surface area contributed by atoms with Gasteiger partial charge in [-0.25, -0.2) is 4.79 Å². The Morgan fingerprint density at radius 1 is 1.71 bits per heavy atom. The molecular formula is C13H18N4O3S. The van der Waals surface area contributed by atoms with Gasteiger partial charge >= 0.3 is 5.97 Å². The van der Waals surface area contributed by atoms with Crippen LogP contribution in [0, 0.1) is 11.3 Å². The topological polar surface area (TPSA) is 101 Å². The van der Waals surface area contributed by atoms with Gasteiger partial charge in [-0.15, -0.1) is 11.3 Å². The normalized spacial score (nSPS) is 19.0. The van der Waals surface area contributed by atoms with Gasteiger partial charge in [0.05, 0.1) is 25.5 Å². The van der Waals surface area contributed by atoms with Crippen LogP contribution in [0.25, 0.3) is 0 Å². The lowest BCUT2D eigenvalue weighted by molar-refractivity contribution is -0.0117. The van der Waals surface area contributed by atoms with Gasteiger partial charge in [0.15, 0.2) is 0 Å². The number of esters is 1. The van der Waals surface area contributed by atoms with E-state index in [0.29, 0.717) is 23.0 Å². The Hall–Kier alpha value is -1.82. The number of nitrogen functional groups attached to an aromatic ring is 1. The van der Waals surface area contributed by atoms with Crippen molar-refractivity contribution in [3.63, 3.8) is 0 Å². The summed E-state index contributed by atoms with van der Waals surface area (Å²) in [6, 6.07) is 1.99. The molecule has 0 spiro atoms. The van der Waals surface area contributed by atoms with Gasteiger partial charge < -0.3 is 25.4 Å². The Morgan fingerprint density at radius 3 is 3.10 bits per heavy atom. The third-order valence-electron chi connectivity index (χ3n) is 3.27. The van der Waals surface area contributed by atoms with Crippen LogP contribution in [0.4, 0.5) is 10.7 Å². The number of carbonyl (C=O) groups is 1. The summed E-state index contributed by atoms with van der Waals surface area (Å²) in [4.78, 5) is 14.3. The van der Waals surface area contributed by atoms with Crippen molar-refractivity contribution in [2.24, 2.45) is 0 Å². The van der Waals surface area contributed by atoms with Crippen LogP contribution in [0.2, 0.25) is 0 Å². The zero-order valence-corrected chi connectivity index (χ0v) is 12.8. The Labute approximate surface area is 127 Å². The first-order valence-corrected chi connectivity index (χ1v) is 7.33. The molecule has 114 valence electrons. The molecule has 7 nitrogen and oxygen atoms in total. The molecule has 3 N–H and O–H groups in total. The number of likely N-dealkylation sites (N-methyl/N-ethyl adjacent to an activating group) is 1. The molecule has 0 amide bonds. The predicted octanol–water partition coefficient (Wildman–Crippen LogP) is 0.731. The first-order chi connectivity index (χ1) is 10.1. The van der Waals surface area contributed by atoms with E-state index < -0.39 is 5.97 Å². The number of nitrogens with zero attached hydrogens (tertiary/aromatic N) is 2. The zero-order valence-electron chi connectivity index (χ0n) is 12.0.